The molecule has 6 nitrogen and oxygen atoms in total. The predicted octanol–water partition coefficient (Wildman–Crippen LogP) is 10.5. The van der Waals surface area contributed by atoms with Crippen LogP contribution in [0.3, 0.4) is 0 Å². The molecular weight excluding hydrogens is 1040 g/mol. The van der Waals surface area contributed by atoms with Crippen molar-refractivity contribution in [3.8, 4) is 21.1 Å². The van der Waals surface area contributed by atoms with Gasteiger partial charge < -0.3 is 19.9 Å². The van der Waals surface area contributed by atoms with Crippen molar-refractivity contribution in [2.45, 2.75) is 13.8 Å². The first-order valence-electron chi connectivity index (χ1n) is 15.9. The molecule has 10 aromatic rings. The summed E-state index contributed by atoms with van der Waals surface area (Å²) >= 11 is 3.27. The Kier molecular flexibility index (Phi) is 13.9. The average Bonchev–Trinajstić information content (AvgIpc) is 3.99. The molecule has 0 fully saturated rings. The van der Waals surface area contributed by atoms with Gasteiger partial charge in [-0.2, -0.15) is 22.7 Å². The molecule has 0 radical (unpaired) electrons. The molecule has 6 heterocycles. The topological polar surface area (TPSA) is 79.8 Å². The summed E-state index contributed by atoms with van der Waals surface area (Å²) in [6, 6.07) is 46.5. The van der Waals surface area contributed by atoms with Crippen LogP contribution in [0.2, 0.25) is 0 Å². The third-order valence-corrected chi connectivity index (χ3v) is 9.23. The Morgan fingerprint density at radius 1 is 0.481 bits per heavy atom. The minimum Gasteiger partial charge on any atom is -0.439 e. The number of aryl methyl sites for hydroxylation is 2. The van der Waals surface area contributed by atoms with Crippen LogP contribution in [0.1, 0.15) is 11.4 Å². The summed E-state index contributed by atoms with van der Waals surface area (Å²) in [6.45, 7) is 3.97. The Balaban J connectivity index is 0.000000133. The van der Waals surface area contributed by atoms with E-state index in [2.05, 4.69) is 66.3 Å². The molecule has 0 aliphatic carbocycles. The first-order chi connectivity index (χ1) is 24.6. The van der Waals surface area contributed by atoms with Crippen molar-refractivity contribution in [3.63, 3.8) is 0 Å². The Bertz CT molecular complexity index is 2390. The van der Waals surface area contributed by atoms with E-state index in [0.717, 1.165) is 65.6 Å². The van der Waals surface area contributed by atoms with E-state index in [0.29, 0.717) is 0 Å². The van der Waals surface area contributed by atoms with Crippen LogP contribution in [0.5, 0.6) is 0 Å². The summed E-state index contributed by atoms with van der Waals surface area (Å²) in [6.07, 6.45) is 3.61. The van der Waals surface area contributed by atoms with E-state index in [1.807, 2.05) is 122 Å². The minimum absolute atomic E-state index is 0. The second-order valence-corrected chi connectivity index (χ2v) is 12.9. The van der Waals surface area contributed by atoms with Gasteiger partial charge in [-0.05, 0) is 46.4 Å². The molecule has 0 saturated carbocycles. The predicted molar refractivity (Wildman–Crippen MR) is 207 cm³/mol. The summed E-state index contributed by atoms with van der Waals surface area (Å²) in [5.74, 6) is 0. The number of hydrogen-bond donors (Lipinski definition) is 0. The number of aromatic nitrogens is 6. The maximum atomic E-state index is 4.46. The van der Waals surface area contributed by atoms with E-state index in [1.165, 1.54) is 10.8 Å². The normalized spacial score (nSPS) is 10.2. The molecule has 0 saturated heterocycles. The van der Waals surface area contributed by atoms with Gasteiger partial charge in [-0.25, -0.2) is 0 Å². The van der Waals surface area contributed by atoms with E-state index in [9.17, 15) is 0 Å². The van der Waals surface area contributed by atoms with Crippen LogP contribution in [0, 0.1) is 26.0 Å². The molecule has 10 heteroatoms. The Labute approximate surface area is 339 Å². The standard InChI is InChI=1S/2C12H9N2.2C9H6NS.2Pt/c2*1-8-6-7-10-9-4-2-3-5-11(9)14-12(10)13-8;2*1-2-4-8(5-3-1)9-10-6-7-11-9;;/h2*2-7H,1H3;2*1-4,6-7H;;/q4*-1;2*+2. The van der Waals surface area contributed by atoms with Crippen LogP contribution in [-0.2, 0) is 42.1 Å². The molecule has 6 aromatic heterocycles. The van der Waals surface area contributed by atoms with Crippen LogP contribution in [0.4, 0.5) is 0 Å². The number of pyridine rings is 2. The van der Waals surface area contributed by atoms with Crippen molar-refractivity contribution in [3.05, 3.63) is 168 Å². The van der Waals surface area contributed by atoms with E-state index >= 15 is 0 Å². The van der Waals surface area contributed by atoms with Gasteiger partial charge in [0.1, 0.15) is 0 Å². The maximum Gasteiger partial charge on any atom is 2.00 e. The molecule has 0 aliphatic heterocycles. The van der Waals surface area contributed by atoms with Gasteiger partial charge in [-0.3, -0.25) is 9.97 Å². The molecule has 10 rings (SSSR count). The first kappa shape index (κ1) is 38.6. The van der Waals surface area contributed by atoms with Crippen LogP contribution >= 0.6 is 22.7 Å². The zero-order valence-corrected chi connectivity index (χ0v) is 34.2. The van der Waals surface area contributed by atoms with Gasteiger partial charge >= 0.3 is 42.1 Å². The number of hydrogen-bond acceptors (Lipinski definition) is 6. The van der Waals surface area contributed by atoms with Gasteiger partial charge in [0.05, 0.1) is 0 Å². The molecule has 0 aliphatic rings. The van der Waals surface area contributed by atoms with Crippen LogP contribution in [-0.4, -0.2) is 19.9 Å². The largest absolute Gasteiger partial charge is 2.00 e. The third-order valence-electron chi connectivity index (χ3n) is 7.61. The summed E-state index contributed by atoms with van der Waals surface area (Å²) in [4.78, 5) is 26.1. The van der Waals surface area contributed by atoms with E-state index in [-0.39, 0.29) is 42.1 Å². The van der Waals surface area contributed by atoms with Crippen LogP contribution in [0.15, 0.2) is 144 Å². The number of nitrogens with zero attached hydrogens (tertiary/aromatic N) is 6. The summed E-state index contributed by atoms with van der Waals surface area (Å²) in [7, 11) is 0. The molecule has 260 valence electrons. The number of rotatable bonds is 2. The van der Waals surface area contributed by atoms with E-state index in [4.69, 9.17) is 0 Å². The molecule has 0 bridgehead atoms. The summed E-state index contributed by atoms with van der Waals surface area (Å²) < 4.78 is 0. The van der Waals surface area contributed by atoms with Crippen molar-refractivity contribution in [1.29, 1.82) is 0 Å². The second kappa shape index (κ2) is 18.8. The SMILES string of the molecule is Cc1ccc2c(n1)[n-]c1ccccc12.Cc1ccc2c(n1)[n-]c1ccccc12.[Pt+2].[Pt+2].[c-]1ccccc1-c1nccs1.[c-]1ccccc1-c1nccs1. The van der Waals surface area contributed by atoms with Gasteiger partial charge in [-0.15, -0.1) is 71.8 Å². The smallest absolute Gasteiger partial charge is 0.439 e. The molecule has 0 N–H and O–H groups in total. The van der Waals surface area contributed by atoms with Gasteiger partial charge in [0, 0.05) is 33.2 Å². The fraction of sp³-hybridized carbons (Fsp3) is 0.0476. The molecule has 4 aromatic carbocycles. The fourth-order valence-corrected chi connectivity index (χ4v) is 6.52. The maximum absolute atomic E-state index is 4.46. The van der Waals surface area contributed by atoms with Crippen molar-refractivity contribution < 1.29 is 42.1 Å². The van der Waals surface area contributed by atoms with Gasteiger partial charge in [0.2, 0.25) is 0 Å². The number of fused-ring (bicyclic) bond motifs is 6. The average molecular weight is 1070 g/mol. The van der Waals surface area contributed by atoms with Gasteiger partial charge in [0.15, 0.2) is 0 Å². The van der Waals surface area contributed by atoms with E-state index in [1.54, 1.807) is 35.1 Å². The van der Waals surface area contributed by atoms with Gasteiger partial charge in [-0.1, -0.05) is 95.5 Å². The summed E-state index contributed by atoms with van der Waals surface area (Å²) in [5.41, 5.74) is 7.93. The van der Waals surface area contributed by atoms with Crippen molar-refractivity contribution >= 4 is 66.5 Å². The molecule has 0 amide bonds. The van der Waals surface area contributed by atoms with Crippen LogP contribution in [0.25, 0.3) is 65.0 Å². The molecule has 0 atom stereocenters. The molecule has 0 spiro atoms. The third kappa shape index (κ3) is 9.44. The van der Waals surface area contributed by atoms with Crippen molar-refractivity contribution in [2.75, 3.05) is 0 Å². The van der Waals surface area contributed by atoms with Crippen molar-refractivity contribution in [1.82, 2.24) is 29.9 Å². The Hall–Kier alpha value is -4.58. The number of para-hydroxylation sites is 2. The Morgan fingerprint density at radius 2 is 0.904 bits per heavy atom. The number of thiazole rings is 2. The van der Waals surface area contributed by atoms with Crippen LogP contribution < -0.4 is 9.97 Å². The molecular formula is C42H30N6Pt2S2. The van der Waals surface area contributed by atoms with E-state index < -0.39 is 0 Å². The second-order valence-electron chi connectivity index (χ2n) is 11.1. The fourth-order valence-electron chi connectivity index (χ4n) is 5.27. The monoisotopic (exact) mass is 1070 g/mol. The Morgan fingerprint density at radius 3 is 1.29 bits per heavy atom. The van der Waals surface area contributed by atoms with Crippen molar-refractivity contribution in [2.24, 2.45) is 0 Å². The first-order valence-corrected chi connectivity index (χ1v) is 17.7. The zero-order chi connectivity index (χ0) is 34.1. The molecule has 0 unspecified atom stereocenters. The number of benzene rings is 4. The summed E-state index contributed by atoms with van der Waals surface area (Å²) in [5, 5.41) is 10.7. The minimum atomic E-state index is 0. The van der Waals surface area contributed by atoms with Gasteiger partial charge in [0.25, 0.3) is 0 Å². The quantitative estimate of drug-likeness (QED) is 0.161. The molecule has 52 heavy (non-hydrogen) atoms. The zero-order valence-electron chi connectivity index (χ0n) is 28.0.